The molecule has 6 N–H and O–H groups in total. The molecule has 0 saturated heterocycles. The number of fused-ring (bicyclic) bond motifs is 1. The molecule has 2 aliphatic rings. The third-order valence-electron chi connectivity index (χ3n) is 5.25. The molecular weight excluding hydrogens is 338 g/mol. The van der Waals surface area contributed by atoms with Crippen molar-refractivity contribution in [1.82, 2.24) is 15.0 Å². The second kappa shape index (κ2) is 5.79. The zero-order chi connectivity index (χ0) is 19.4. The largest absolute Gasteiger partial charge is 0.400 e. The van der Waals surface area contributed by atoms with Crippen LogP contribution in [-0.2, 0) is 11.0 Å². The zero-order valence-electron chi connectivity index (χ0n) is 15.9. The van der Waals surface area contributed by atoms with E-state index in [0.717, 1.165) is 29.4 Å². The highest BCUT2D eigenvalue weighted by atomic mass is 15.2. The normalized spacial score (nSPS) is 23.6. The smallest absolute Gasteiger partial charge is 0.154 e. The summed E-state index contributed by atoms with van der Waals surface area (Å²) in [7, 11) is 0. The summed E-state index contributed by atoms with van der Waals surface area (Å²) in [6.45, 7) is 7.20. The fourth-order valence-electron chi connectivity index (χ4n) is 3.72. The van der Waals surface area contributed by atoms with E-state index in [-0.39, 0.29) is 5.41 Å². The van der Waals surface area contributed by atoms with Gasteiger partial charge in [0.05, 0.1) is 17.1 Å². The predicted molar refractivity (Wildman–Crippen MR) is 106 cm³/mol. The first-order chi connectivity index (χ1) is 12.7. The number of aromatic nitrogens is 3. The highest BCUT2D eigenvalue weighted by Crippen LogP contribution is 2.42. The molecule has 0 aromatic carbocycles. The molecule has 1 aliphatic carbocycles. The number of aryl methyl sites for hydroxylation is 1. The molecule has 0 fully saturated rings. The van der Waals surface area contributed by atoms with Crippen LogP contribution in [0.2, 0.25) is 0 Å². The lowest BCUT2D eigenvalue weighted by molar-refractivity contribution is 0.504. The quantitative estimate of drug-likeness (QED) is 0.744. The van der Waals surface area contributed by atoms with E-state index in [4.69, 9.17) is 27.2 Å². The average Bonchev–Trinajstić information content (AvgIpc) is 2.90. The maximum atomic E-state index is 6.56. The minimum atomic E-state index is -0.868. The van der Waals surface area contributed by atoms with Crippen molar-refractivity contribution >= 4 is 11.5 Å². The van der Waals surface area contributed by atoms with Gasteiger partial charge in [-0.2, -0.15) is 0 Å². The van der Waals surface area contributed by atoms with E-state index in [1.807, 2.05) is 25.1 Å². The van der Waals surface area contributed by atoms with Crippen molar-refractivity contribution in [3.8, 4) is 0 Å². The molecule has 1 atom stereocenters. The van der Waals surface area contributed by atoms with Crippen LogP contribution in [0.5, 0.6) is 0 Å². The Morgan fingerprint density at radius 1 is 1.11 bits per heavy atom. The highest BCUT2D eigenvalue weighted by molar-refractivity contribution is 5.68. The summed E-state index contributed by atoms with van der Waals surface area (Å²) in [4.78, 5) is 16.2. The summed E-state index contributed by atoms with van der Waals surface area (Å²) >= 11 is 0. The van der Waals surface area contributed by atoms with Crippen LogP contribution in [0.25, 0.3) is 0 Å². The molecule has 27 heavy (non-hydrogen) atoms. The highest BCUT2D eigenvalue weighted by Gasteiger charge is 2.39. The summed E-state index contributed by atoms with van der Waals surface area (Å²) in [5.41, 5.74) is 21.8. The summed E-state index contributed by atoms with van der Waals surface area (Å²) in [5.74, 6) is 1.33. The van der Waals surface area contributed by atoms with Gasteiger partial charge in [-0.1, -0.05) is 19.9 Å². The van der Waals surface area contributed by atoms with E-state index < -0.39 is 5.54 Å². The lowest BCUT2D eigenvalue weighted by atomic mass is 9.88. The van der Waals surface area contributed by atoms with Gasteiger partial charge < -0.3 is 22.1 Å². The van der Waals surface area contributed by atoms with Gasteiger partial charge in [-0.3, -0.25) is 4.98 Å². The lowest BCUT2D eigenvalue weighted by Crippen LogP contribution is -2.40. The molecule has 3 heterocycles. The Morgan fingerprint density at radius 3 is 2.63 bits per heavy atom. The van der Waals surface area contributed by atoms with Crippen molar-refractivity contribution in [2.24, 2.45) is 17.2 Å². The molecule has 7 nitrogen and oxygen atoms in total. The first kappa shape index (κ1) is 17.5. The topological polar surface area (TPSA) is 120 Å². The number of anilines is 2. The van der Waals surface area contributed by atoms with Crippen LogP contribution in [0, 0.1) is 6.92 Å². The summed E-state index contributed by atoms with van der Waals surface area (Å²) in [5, 5.41) is 0. The molecule has 2 aromatic heterocycles. The van der Waals surface area contributed by atoms with Crippen molar-refractivity contribution in [3.63, 3.8) is 0 Å². The minimum Gasteiger partial charge on any atom is -0.400 e. The van der Waals surface area contributed by atoms with Crippen molar-refractivity contribution in [2.45, 2.75) is 38.1 Å². The molecular formula is C20H25N7. The Bertz CT molecular complexity index is 976. The molecule has 2 aromatic rings. The fraction of sp³-hybridized carbons (Fsp3) is 0.350. The second-order valence-electron chi connectivity index (χ2n) is 8.06. The van der Waals surface area contributed by atoms with Gasteiger partial charge >= 0.3 is 0 Å². The monoisotopic (exact) mass is 363 g/mol. The lowest BCUT2D eigenvalue weighted by Gasteiger charge is -2.29. The number of nitrogens with zero attached hydrogens (tertiary/aromatic N) is 4. The van der Waals surface area contributed by atoms with E-state index >= 15 is 0 Å². The summed E-state index contributed by atoms with van der Waals surface area (Å²) < 4.78 is 0. The van der Waals surface area contributed by atoms with Gasteiger partial charge in [0.2, 0.25) is 0 Å². The van der Waals surface area contributed by atoms with Crippen LogP contribution in [0.3, 0.4) is 0 Å². The first-order valence-electron chi connectivity index (χ1n) is 9.01. The van der Waals surface area contributed by atoms with E-state index in [0.29, 0.717) is 23.6 Å². The molecule has 0 spiro atoms. The minimum absolute atomic E-state index is 0.0702. The maximum Gasteiger partial charge on any atom is 0.154 e. The van der Waals surface area contributed by atoms with Crippen LogP contribution in [0.4, 0.5) is 11.5 Å². The van der Waals surface area contributed by atoms with Crippen molar-refractivity contribution in [3.05, 3.63) is 65.2 Å². The van der Waals surface area contributed by atoms with Crippen molar-refractivity contribution < 1.29 is 0 Å². The fourth-order valence-corrected chi connectivity index (χ4v) is 3.72. The molecule has 140 valence electrons. The van der Waals surface area contributed by atoms with Gasteiger partial charge in [0.1, 0.15) is 11.4 Å². The maximum absolute atomic E-state index is 6.56. The van der Waals surface area contributed by atoms with Gasteiger partial charge in [-0.25, -0.2) is 9.97 Å². The molecule has 1 aliphatic heterocycles. The third-order valence-corrected chi connectivity index (χ3v) is 5.25. The predicted octanol–water partition coefficient (Wildman–Crippen LogP) is 1.85. The Balaban J connectivity index is 1.74. The third kappa shape index (κ3) is 2.84. The molecule has 0 amide bonds. The number of pyridine rings is 1. The standard InChI is InChI=1S/C20H25N7/c1-12-4-5-15-17(25-12)19(2,3)11-27(15)16-7-9-24-18(26-16)20(23)8-6-13(21)14(22)10-20/h4-9H,10-11,21-23H2,1-3H3. The molecule has 1 unspecified atom stereocenters. The Morgan fingerprint density at radius 2 is 1.89 bits per heavy atom. The van der Waals surface area contributed by atoms with Crippen LogP contribution in [0.1, 0.15) is 37.5 Å². The Hall–Kier alpha value is -2.93. The number of rotatable bonds is 2. The molecule has 0 bridgehead atoms. The number of allylic oxidation sites excluding steroid dienone is 1. The summed E-state index contributed by atoms with van der Waals surface area (Å²) in [6, 6.07) is 6.03. The number of hydrogen-bond donors (Lipinski definition) is 3. The van der Waals surface area contributed by atoms with Crippen LogP contribution < -0.4 is 22.1 Å². The van der Waals surface area contributed by atoms with Crippen molar-refractivity contribution in [1.29, 1.82) is 0 Å². The Labute approximate surface area is 159 Å². The van der Waals surface area contributed by atoms with E-state index in [1.165, 1.54) is 0 Å². The van der Waals surface area contributed by atoms with Crippen molar-refractivity contribution in [2.75, 3.05) is 11.4 Å². The van der Waals surface area contributed by atoms with E-state index in [1.54, 1.807) is 12.3 Å². The first-order valence-corrected chi connectivity index (χ1v) is 9.01. The number of hydrogen-bond acceptors (Lipinski definition) is 7. The summed E-state index contributed by atoms with van der Waals surface area (Å²) in [6.07, 6.45) is 5.69. The average molecular weight is 363 g/mol. The van der Waals surface area contributed by atoms with E-state index in [2.05, 4.69) is 29.8 Å². The van der Waals surface area contributed by atoms with Gasteiger partial charge in [-0.05, 0) is 31.2 Å². The molecule has 7 heteroatoms. The van der Waals surface area contributed by atoms with Crippen LogP contribution in [0.15, 0.2) is 47.9 Å². The van der Waals surface area contributed by atoms with Gasteiger partial charge in [0.25, 0.3) is 0 Å². The second-order valence-corrected chi connectivity index (χ2v) is 8.06. The molecule has 0 radical (unpaired) electrons. The Kier molecular flexibility index (Phi) is 3.75. The van der Waals surface area contributed by atoms with Gasteiger partial charge in [-0.15, -0.1) is 0 Å². The zero-order valence-corrected chi connectivity index (χ0v) is 15.9. The number of nitrogens with two attached hydrogens (primary N) is 3. The molecule has 0 saturated carbocycles. The SMILES string of the molecule is Cc1ccc2c(n1)C(C)(C)CN2c1ccnc(C2(N)C=CC(N)=C(N)C2)n1. The molecule has 4 rings (SSSR count). The van der Waals surface area contributed by atoms with Gasteiger partial charge in [0, 0.05) is 36.0 Å². The van der Waals surface area contributed by atoms with E-state index in [9.17, 15) is 0 Å². The van der Waals surface area contributed by atoms with Crippen LogP contribution >= 0.6 is 0 Å². The van der Waals surface area contributed by atoms with Gasteiger partial charge in [0.15, 0.2) is 5.82 Å². The van der Waals surface area contributed by atoms with Crippen LogP contribution in [-0.4, -0.2) is 21.5 Å².